The molecule has 3 nitrogen and oxygen atoms in total. The molecule has 0 aromatic rings. The molecule has 1 saturated carbocycles. The highest BCUT2D eigenvalue weighted by Crippen LogP contribution is 2.35. The zero-order valence-corrected chi connectivity index (χ0v) is 16.0. The molecule has 0 unspecified atom stereocenters. The summed E-state index contributed by atoms with van der Waals surface area (Å²) in [5, 5.41) is 10.4. The van der Waals surface area contributed by atoms with E-state index in [-0.39, 0.29) is 6.10 Å². The van der Waals surface area contributed by atoms with Gasteiger partial charge in [-0.25, -0.2) is 0 Å². The maximum absolute atomic E-state index is 10.4. The van der Waals surface area contributed by atoms with Gasteiger partial charge in [0.05, 0.1) is 18.8 Å². The van der Waals surface area contributed by atoms with Crippen molar-refractivity contribution in [3.05, 3.63) is 0 Å². The molecule has 2 rings (SSSR count). The Morgan fingerprint density at radius 3 is 2.26 bits per heavy atom. The summed E-state index contributed by atoms with van der Waals surface area (Å²) in [7, 11) is 0. The number of aliphatic hydroxyl groups excluding tert-OH is 1. The van der Waals surface area contributed by atoms with Crippen LogP contribution < -0.4 is 0 Å². The predicted molar refractivity (Wildman–Crippen MR) is 96.5 cm³/mol. The van der Waals surface area contributed by atoms with Gasteiger partial charge < -0.3 is 14.7 Å². The molecule has 0 aromatic heterocycles. The van der Waals surface area contributed by atoms with Gasteiger partial charge in [-0.3, -0.25) is 0 Å². The minimum absolute atomic E-state index is 0.340. The molecule has 0 aromatic carbocycles. The Kier molecular flexibility index (Phi) is 7.37. The van der Waals surface area contributed by atoms with E-state index in [2.05, 4.69) is 39.5 Å². The van der Waals surface area contributed by atoms with Gasteiger partial charge in [0, 0.05) is 19.6 Å². The smallest absolute Gasteiger partial charge is 0.0900 e. The Bertz CT molecular complexity index is 337. The van der Waals surface area contributed by atoms with Gasteiger partial charge in [-0.05, 0) is 48.9 Å². The van der Waals surface area contributed by atoms with Crippen LogP contribution in [0, 0.1) is 29.6 Å². The molecule has 1 aliphatic carbocycles. The first kappa shape index (κ1) is 19.2. The second kappa shape index (κ2) is 8.82. The third kappa shape index (κ3) is 6.03. The molecule has 0 radical (unpaired) electrons. The highest BCUT2D eigenvalue weighted by molar-refractivity contribution is 4.82. The Balaban J connectivity index is 1.77. The SMILES string of the molecule is CC(C)[C@H]1CC[C@@H](C)C[C@H]1OC[C@H](O)CN1C[C@@H](C)C[C@H](C)C1. The first-order valence-electron chi connectivity index (χ1n) is 9.87. The highest BCUT2D eigenvalue weighted by Gasteiger charge is 2.32. The first-order valence-corrected chi connectivity index (χ1v) is 9.87. The Morgan fingerprint density at radius 1 is 1.00 bits per heavy atom. The van der Waals surface area contributed by atoms with Crippen LogP contribution >= 0.6 is 0 Å². The summed E-state index contributed by atoms with van der Waals surface area (Å²) in [5.41, 5.74) is 0. The lowest BCUT2D eigenvalue weighted by atomic mass is 9.75. The highest BCUT2D eigenvalue weighted by atomic mass is 16.5. The van der Waals surface area contributed by atoms with Crippen LogP contribution in [0.2, 0.25) is 0 Å². The van der Waals surface area contributed by atoms with Gasteiger partial charge in [-0.1, -0.05) is 41.0 Å². The minimum atomic E-state index is -0.349. The number of rotatable bonds is 6. The molecule has 136 valence electrons. The monoisotopic (exact) mass is 325 g/mol. The number of nitrogens with zero attached hydrogens (tertiary/aromatic N) is 1. The molecule has 1 heterocycles. The van der Waals surface area contributed by atoms with Crippen LogP contribution in [0.4, 0.5) is 0 Å². The maximum Gasteiger partial charge on any atom is 0.0900 e. The number of piperidine rings is 1. The van der Waals surface area contributed by atoms with Gasteiger partial charge in [0.1, 0.15) is 0 Å². The summed E-state index contributed by atoms with van der Waals surface area (Å²) in [4.78, 5) is 2.43. The van der Waals surface area contributed by atoms with Crippen LogP contribution in [0.15, 0.2) is 0 Å². The standard InChI is InChI=1S/C20H39NO2/c1-14(2)19-7-6-15(3)9-20(19)23-13-18(22)12-21-10-16(4)8-17(5)11-21/h14-20,22H,6-13H2,1-5H3/t15-,16+,17+,18-,19-,20-/m1/s1. The van der Waals surface area contributed by atoms with Crippen molar-refractivity contribution < 1.29 is 9.84 Å². The second-order valence-corrected chi connectivity index (χ2v) is 9.02. The van der Waals surface area contributed by atoms with Crippen LogP contribution in [-0.4, -0.2) is 48.5 Å². The summed E-state index contributed by atoms with van der Waals surface area (Å²) in [6.07, 6.45) is 5.08. The zero-order valence-electron chi connectivity index (χ0n) is 16.0. The lowest BCUT2D eigenvalue weighted by Crippen LogP contribution is -2.44. The molecule has 2 fully saturated rings. The van der Waals surface area contributed by atoms with E-state index in [1.54, 1.807) is 0 Å². The molecule has 6 atom stereocenters. The van der Waals surface area contributed by atoms with Crippen molar-refractivity contribution in [2.45, 2.75) is 72.5 Å². The topological polar surface area (TPSA) is 32.7 Å². The third-order valence-corrected chi connectivity index (χ3v) is 5.88. The van der Waals surface area contributed by atoms with Crippen molar-refractivity contribution >= 4 is 0 Å². The second-order valence-electron chi connectivity index (χ2n) is 9.02. The summed E-state index contributed by atoms with van der Waals surface area (Å²) in [6.45, 7) is 15.1. The Labute approximate surface area is 143 Å². The van der Waals surface area contributed by atoms with E-state index < -0.39 is 0 Å². The summed E-state index contributed by atoms with van der Waals surface area (Å²) in [5.74, 6) is 3.59. The fourth-order valence-electron chi connectivity index (χ4n) is 4.83. The first-order chi connectivity index (χ1) is 10.8. The predicted octanol–water partition coefficient (Wildman–Crippen LogP) is 3.80. The lowest BCUT2D eigenvalue weighted by molar-refractivity contribution is -0.0761. The maximum atomic E-state index is 10.4. The summed E-state index contributed by atoms with van der Waals surface area (Å²) in [6, 6.07) is 0. The average Bonchev–Trinajstić information content (AvgIpc) is 2.43. The van der Waals surface area contributed by atoms with E-state index >= 15 is 0 Å². The molecule has 1 N–H and O–H groups in total. The van der Waals surface area contributed by atoms with E-state index in [0.29, 0.717) is 24.5 Å². The molecular formula is C20H39NO2. The average molecular weight is 326 g/mol. The Hall–Kier alpha value is -0.120. The van der Waals surface area contributed by atoms with Crippen LogP contribution in [0.3, 0.4) is 0 Å². The van der Waals surface area contributed by atoms with Gasteiger partial charge in [0.25, 0.3) is 0 Å². The number of β-amino-alcohol motifs (C(OH)–C–C–N with tert-alkyl or cyclic N) is 1. The summed E-state index contributed by atoms with van der Waals surface area (Å²) >= 11 is 0. The van der Waals surface area contributed by atoms with Gasteiger partial charge in [-0.2, -0.15) is 0 Å². The fourth-order valence-corrected chi connectivity index (χ4v) is 4.83. The van der Waals surface area contributed by atoms with Crippen molar-refractivity contribution in [1.82, 2.24) is 4.90 Å². The van der Waals surface area contributed by atoms with Gasteiger partial charge in [-0.15, -0.1) is 0 Å². The minimum Gasteiger partial charge on any atom is -0.389 e. The molecule has 23 heavy (non-hydrogen) atoms. The zero-order chi connectivity index (χ0) is 17.0. The number of hydrogen-bond acceptors (Lipinski definition) is 3. The van der Waals surface area contributed by atoms with Crippen molar-refractivity contribution in [1.29, 1.82) is 0 Å². The van der Waals surface area contributed by atoms with Crippen LogP contribution in [0.1, 0.15) is 60.3 Å². The van der Waals surface area contributed by atoms with Crippen LogP contribution in [0.5, 0.6) is 0 Å². The van der Waals surface area contributed by atoms with E-state index in [1.807, 2.05) is 0 Å². The Morgan fingerprint density at radius 2 is 1.65 bits per heavy atom. The van der Waals surface area contributed by atoms with Gasteiger partial charge in [0.2, 0.25) is 0 Å². The molecule has 3 heteroatoms. The molecule has 0 bridgehead atoms. The van der Waals surface area contributed by atoms with Gasteiger partial charge in [0.15, 0.2) is 0 Å². The molecular weight excluding hydrogens is 286 g/mol. The third-order valence-electron chi connectivity index (χ3n) is 5.88. The fraction of sp³-hybridized carbons (Fsp3) is 1.00. The quantitative estimate of drug-likeness (QED) is 0.806. The van der Waals surface area contributed by atoms with Crippen molar-refractivity contribution in [2.24, 2.45) is 29.6 Å². The van der Waals surface area contributed by atoms with Crippen molar-refractivity contribution in [3.8, 4) is 0 Å². The van der Waals surface area contributed by atoms with Gasteiger partial charge >= 0.3 is 0 Å². The van der Waals surface area contributed by atoms with E-state index in [0.717, 1.165) is 43.8 Å². The number of ether oxygens (including phenoxy) is 1. The molecule has 1 aliphatic heterocycles. The molecule has 0 spiro atoms. The van der Waals surface area contributed by atoms with E-state index in [4.69, 9.17) is 4.74 Å². The lowest BCUT2D eigenvalue weighted by Gasteiger charge is -2.38. The molecule has 0 amide bonds. The van der Waals surface area contributed by atoms with Crippen LogP contribution in [0.25, 0.3) is 0 Å². The van der Waals surface area contributed by atoms with E-state index in [1.165, 1.54) is 19.3 Å². The van der Waals surface area contributed by atoms with Crippen molar-refractivity contribution in [2.75, 3.05) is 26.2 Å². The largest absolute Gasteiger partial charge is 0.389 e. The normalized spacial score (nSPS) is 38.0. The molecule has 2 aliphatic rings. The van der Waals surface area contributed by atoms with Crippen molar-refractivity contribution in [3.63, 3.8) is 0 Å². The summed E-state index contributed by atoms with van der Waals surface area (Å²) < 4.78 is 6.21. The van der Waals surface area contributed by atoms with Crippen LogP contribution in [-0.2, 0) is 4.74 Å². The number of likely N-dealkylation sites (tertiary alicyclic amines) is 1. The molecule has 1 saturated heterocycles. The number of hydrogen-bond donors (Lipinski definition) is 1. The number of aliphatic hydroxyl groups is 1. The van der Waals surface area contributed by atoms with E-state index in [9.17, 15) is 5.11 Å².